The molecule has 0 spiro atoms. The van der Waals surface area contributed by atoms with Crippen LogP contribution in [0.2, 0.25) is 0 Å². The predicted octanol–water partition coefficient (Wildman–Crippen LogP) is 0.832. The molecule has 4 atom stereocenters. The average Bonchev–Trinajstić information content (AvgIpc) is 2.39. The summed E-state index contributed by atoms with van der Waals surface area (Å²) in [6.07, 6.45) is 7.16. The third-order valence-corrected chi connectivity index (χ3v) is 2.73. The molecule has 0 N–H and O–H groups in total. The van der Waals surface area contributed by atoms with Crippen LogP contribution in [0.1, 0.15) is 0 Å². The van der Waals surface area contributed by atoms with Crippen LogP contribution in [0, 0.1) is 17.8 Å². The lowest BCUT2D eigenvalue weighted by molar-refractivity contribution is -0.198. The van der Waals surface area contributed by atoms with Crippen molar-refractivity contribution in [3.8, 4) is 0 Å². The summed E-state index contributed by atoms with van der Waals surface area (Å²) in [5, 5.41) is 0. The Kier molecular flexibility index (Phi) is 1.00. The molecule has 3 rings (SSSR count). The normalized spacial score (nSPS) is 47.2. The molecule has 2 heterocycles. The topological polar surface area (TPSA) is 35.5 Å². The molecular weight excluding hydrogens is 156 g/mol. The van der Waals surface area contributed by atoms with E-state index in [0.29, 0.717) is 0 Å². The molecule has 3 nitrogen and oxygen atoms in total. The number of hydrogen-bond acceptors (Lipinski definition) is 3. The van der Waals surface area contributed by atoms with E-state index in [0.717, 1.165) is 0 Å². The molecule has 3 aliphatic rings. The molecule has 0 aromatic heterocycles. The van der Waals surface area contributed by atoms with Gasteiger partial charge in [0.2, 0.25) is 6.29 Å². The highest BCUT2D eigenvalue weighted by molar-refractivity contribution is 5.77. The molecule has 3 heteroatoms. The van der Waals surface area contributed by atoms with E-state index in [1.54, 1.807) is 6.26 Å². The molecule has 62 valence electrons. The summed E-state index contributed by atoms with van der Waals surface area (Å²) in [4.78, 5) is 11.3. The highest BCUT2D eigenvalue weighted by atomic mass is 16.7. The highest BCUT2D eigenvalue weighted by Crippen LogP contribution is 2.43. The van der Waals surface area contributed by atoms with Gasteiger partial charge >= 0.3 is 5.97 Å². The molecule has 0 radical (unpaired) electrons. The van der Waals surface area contributed by atoms with Gasteiger partial charge in [0, 0.05) is 5.92 Å². The Morgan fingerprint density at radius 2 is 2.08 bits per heavy atom. The van der Waals surface area contributed by atoms with Crippen LogP contribution in [0.5, 0.6) is 0 Å². The van der Waals surface area contributed by atoms with Crippen LogP contribution in [0.4, 0.5) is 0 Å². The van der Waals surface area contributed by atoms with Crippen LogP contribution in [-0.4, -0.2) is 12.3 Å². The van der Waals surface area contributed by atoms with Crippen molar-refractivity contribution in [3.05, 3.63) is 24.5 Å². The number of ether oxygens (including phenoxy) is 2. The third kappa shape index (κ3) is 0.594. The molecule has 1 fully saturated rings. The van der Waals surface area contributed by atoms with Crippen molar-refractivity contribution < 1.29 is 14.3 Å². The Labute approximate surface area is 69.7 Å². The van der Waals surface area contributed by atoms with Crippen molar-refractivity contribution in [2.45, 2.75) is 6.29 Å². The van der Waals surface area contributed by atoms with Crippen LogP contribution < -0.4 is 0 Å². The minimum atomic E-state index is -0.373. The van der Waals surface area contributed by atoms with E-state index in [9.17, 15) is 4.79 Å². The first kappa shape index (κ1) is 6.29. The SMILES string of the molecule is O=C1O[C@@H]2OC=C[C@H]3[C@@H]2C=C[C@@H]13. The second kappa shape index (κ2) is 1.91. The Hall–Kier alpha value is -1.25. The van der Waals surface area contributed by atoms with E-state index in [1.165, 1.54) is 0 Å². The first-order chi connectivity index (χ1) is 5.86. The quantitative estimate of drug-likeness (QED) is 0.393. The average molecular weight is 164 g/mol. The molecule has 4 bridgehead atoms. The van der Waals surface area contributed by atoms with Gasteiger partial charge in [-0.3, -0.25) is 4.79 Å². The van der Waals surface area contributed by atoms with E-state index < -0.39 is 0 Å². The lowest BCUT2D eigenvalue weighted by Gasteiger charge is -2.36. The monoisotopic (exact) mass is 164 g/mol. The number of carbonyl (C=O) groups excluding carboxylic acids is 1. The zero-order chi connectivity index (χ0) is 8.13. The van der Waals surface area contributed by atoms with Crippen LogP contribution in [-0.2, 0) is 14.3 Å². The molecule has 1 saturated heterocycles. The van der Waals surface area contributed by atoms with Gasteiger partial charge in [-0.25, -0.2) is 0 Å². The molecule has 1 aliphatic carbocycles. The third-order valence-electron chi connectivity index (χ3n) is 2.73. The van der Waals surface area contributed by atoms with Gasteiger partial charge in [0.15, 0.2) is 0 Å². The fourth-order valence-corrected chi connectivity index (χ4v) is 2.10. The minimum absolute atomic E-state index is 0.0635. The molecule has 0 aromatic carbocycles. The zero-order valence-electron chi connectivity index (χ0n) is 6.34. The van der Waals surface area contributed by atoms with Gasteiger partial charge < -0.3 is 9.47 Å². The maximum atomic E-state index is 11.3. The zero-order valence-corrected chi connectivity index (χ0v) is 6.34. The van der Waals surface area contributed by atoms with Crippen molar-refractivity contribution in [3.63, 3.8) is 0 Å². The Bertz CT molecular complexity index is 292. The molecule has 0 amide bonds. The van der Waals surface area contributed by atoms with Crippen LogP contribution in [0.3, 0.4) is 0 Å². The van der Waals surface area contributed by atoms with Crippen LogP contribution in [0.25, 0.3) is 0 Å². The lowest BCUT2D eigenvalue weighted by Crippen LogP contribution is -2.42. The number of carbonyl (C=O) groups is 1. The fraction of sp³-hybridized carbons (Fsp3) is 0.444. The van der Waals surface area contributed by atoms with Gasteiger partial charge in [0.05, 0.1) is 18.1 Å². The summed E-state index contributed by atoms with van der Waals surface area (Å²) in [5.41, 5.74) is 0. The van der Waals surface area contributed by atoms with Gasteiger partial charge in [-0.2, -0.15) is 0 Å². The largest absolute Gasteiger partial charge is 0.462 e. The summed E-state index contributed by atoms with van der Waals surface area (Å²) in [6.45, 7) is 0. The van der Waals surface area contributed by atoms with Crippen molar-refractivity contribution in [1.29, 1.82) is 0 Å². The number of hydrogen-bond donors (Lipinski definition) is 0. The summed E-state index contributed by atoms with van der Waals surface area (Å²) < 4.78 is 10.2. The van der Waals surface area contributed by atoms with E-state index >= 15 is 0 Å². The predicted molar refractivity (Wildman–Crippen MR) is 39.7 cm³/mol. The second-order valence-electron chi connectivity index (χ2n) is 3.34. The van der Waals surface area contributed by atoms with Gasteiger partial charge in [-0.15, -0.1) is 0 Å². The van der Waals surface area contributed by atoms with Crippen molar-refractivity contribution in [2.24, 2.45) is 17.8 Å². The maximum Gasteiger partial charge on any atom is 0.316 e. The molecule has 12 heavy (non-hydrogen) atoms. The highest BCUT2D eigenvalue weighted by Gasteiger charge is 2.48. The van der Waals surface area contributed by atoms with Gasteiger partial charge in [-0.05, 0) is 6.08 Å². The van der Waals surface area contributed by atoms with Gasteiger partial charge in [-0.1, -0.05) is 12.2 Å². The van der Waals surface area contributed by atoms with E-state index in [2.05, 4.69) is 0 Å². The van der Waals surface area contributed by atoms with E-state index in [-0.39, 0.29) is 30.0 Å². The molecular formula is C9H8O3. The second-order valence-corrected chi connectivity index (χ2v) is 3.34. The summed E-state index contributed by atoms with van der Waals surface area (Å²) in [5.74, 6) is 0.313. The minimum Gasteiger partial charge on any atom is -0.462 e. The molecule has 0 aromatic rings. The number of allylic oxidation sites excluding steroid dienone is 1. The lowest BCUT2D eigenvalue weighted by atomic mass is 9.84. The Balaban J connectivity index is 2.09. The van der Waals surface area contributed by atoms with Crippen LogP contribution >= 0.6 is 0 Å². The van der Waals surface area contributed by atoms with Crippen molar-refractivity contribution >= 4 is 5.97 Å². The van der Waals surface area contributed by atoms with Gasteiger partial charge in [0.1, 0.15) is 0 Å². The first-order valence-corrected chi connectivity index (χ1v) is 4.07. The maximum absolute atomic E-state index is 11.3. The van der Waals surface area contributed by atoms with Crippen LogP contribution in [0.15, 0.2) is 24.5 Å². The standard InChI is InChI=1S/C9H8O3/c10-8-6-1-2-7-5(6)3-4-11-9(7)12-8/h1-7,9H/t5-,6-,7+,9+/m1/s1. The van der Waals surface area contributed by atoms with E-state index in [4.69, 9.17) is 9.47 Å². The Morgan fingerprint density at radius 1 is 1.17 bits per heavy atom. The first-order valence-electron chi connectivity index (χ1n) is 4.07. The smallest absolute Gasteiger partial charge is 0.316 e. The molecule has 0 saturated carbocycles. The summed E-state index contributed by atoms with van der Waals surface area (Å²) in [7, 11) is 0. The summed E-state index contributed by atoms with van der Waals surface area (Å²) >= 11 is 0. The Morgan fingerprint density at radius 3 is 3.00 bits per heavy atom. The number of rotatable bonds is 0. The van der Waals surface area contributed by atoms with Crippen molar-refractivity contribution in [1.82, 2.24) is 0 Å². The number of esters is 1. The van der Waals surface area contributed by atoms with Crippen molar-refractivity contribution in [2.75, 3.05) is 0 Å². The van der Waals surface area contributed by atoms with Gasteiger partial charge in [0.25, 0.3) is 0 Å². The fourth-order valence-electron chi connectivity index (χ4n) is 2.10. The van der Waals surface area contributed by atoms with E-state index in [1.807, 2.05) is 18.2 Å². The molecule has 0 unspecified atom stereocenters. The molecule has 2 aliphatic heterocycles. The summed E-state index contributed by atoms with van der Waals surface area (Å²) in [6, 6.07) is 0.